The van der Waals surface area contributed by atoms with Gasteiger partial charge < -0.3 is 4.98 Å². The van der Waals surface area contributed by atoms with Gasteiger partial charge in [0.15, 0.2) is 0 Å². The third-order valence-corrected chi connectivity index (χ3v) is 1.71. The molecule has 0 aromatic carbocycles. The largest absolute Gasteiger partial charge is 0.322 e. The Kier molecular flexibility index (Phi) is 5.30. The van der Waals surface area contributed by atoms with E-state index < -0.39 is 0 Å². The molecule has 1 heterocycles. The third kappa shape index (κ3) is 2.73. The number of aromatic nitrogens is 1. The average molecular weight is 191 g/mol. The first-order valence-electron chi connectivity index (χ1n) is 4.68. The van der Waals surface area contributed by atoms with E-state index in [1.165, 1.54) is 0 Å². The van der Waals surface area contributed by atoms with Gasteiger partial charge in [0, 0.05) is 11.3 Å². The smallest absolute Gasteiger partial charge is 0.251 e. The van der Waals surface area contributed by atoms with Gasteiger partial charge >= 0.3 is 0 Å². The van der Waals surface area contributed by atoms with Gasteiger partial charge in [-0.3, -0.25) is 4.79 Å². The highest BCUT2D eigenvalue weighted by Crippen LogP contribution is 2.07. The van der Waals surface area contributed by atoms with Gasteiger partial charge in [-0.2, -0.15) is 0 Å². The van der Waals surface area contributed by atoms with Crippen LogP contribution >= 0.6 is 0 Å². The first kappa shape index (κ1) is 12.4. The van der Waals surface area contributed by atoms with Gasteiger partial charge in [0.2, 0.25) is 0 Å². The Labute approximate surface area is 85.0 Å². The fourth-order valence-electron chi connectivity index (χ4n) is 1.01. The highest BCUT2D eigenvalue weighted by atomic mass is 16.1. The van der Waals surface area contributed by atoms with Crippen LogP contribution in [0.5, 0.6) is 0 Å². The maximum atomic E-state index is 11.1. The molecule has 0 saturated carbocycles. The number of aryl methyl sites for hydroxylation is 1. The van der Waals surface area contributed by atoms with Crippen LogP contribution in [-0.4, -0.2) is 4.98 Å². The number of hydrogen-bond donors (Lipinski definition) is 1. The number of rotatable bonds is 2. The summed E-state index contributed by atoms with van der Waals surface area (Å²) >= 11 is 0. The van der Waals surface area contributed by atoms with Crippen molar-refractivity contribution in [3.63, 3.8) is 0 Å². The van der Waals surface area contributed by atoms with Gasteiger partial charge in [0.25, 0.3) is 5.56 Å². The predicted octanol–water partition coefficient (Wildman–Crippen LogP) is 3.00. The Bertz CT molecular complexity index is 374. The minimum Gasteiger partial charge on any atom is -0.322 e. The summed E-state index contributed by atoms with van der Waals surface area (Å²) in [5.74, 6) is 0. The average Bonchev–Trinajstić information content (AvgIpc) is 2.24. The third-order valence-electron chi connectivity index (χ3n) is 1.71. The van der Waals surface area contributed by atoms with Crippen LogP contribution in [0.3, 0.4) is 0 Å². The van der Waals surface area contributed by atoms with Crippen LogP contribution in [-0.2, 0) is 0 Å². The Balaban J connectivity index is 0.000000791. The zero-order chi connectivity index (χ0) is 11.1. The van der Waals surface area contributed by atoms with Gasteiger partial charge in [-0.15, -0.1) is 0 Å². The van der Waals surface area contributed by atoms with Crippen molar-refractivity contribution in [2.45, 2.75) is 20.8 Å². The van der Waals surface area contributed by atoms with Crippen molar-refractivity contribution in [2.24, 2.45) is 0 Å². The molecule has 0 spiro atoms. The molecule has 0 aliphatic carbocycles. The Hall–Kier alpha value is -1.57. The van der Waals surface area contributed by atoms with Crippen LogP contribution in [0, 0.1) is 6.92 Å². The van der Waals surface area contributed by atoms with E-state index >= 15 is 0 Å². The Morgan fingerprint density at radius 2 is 1.86 bits per heavy atom. The van der Waals surface area contributed by atoms with Gasteiger partial charge in [0.05, 0.1) is 0 Å². The zero-order valence-corrected chi connectivity index (χ0v) is 9.05. The van der Waals surface area contributed by atoms with Crippen LogP contribution < -0.4 is 5.56 Å². The van der Waals surface area contributed by atoms with Gasteiger partial charge in [-0.25, -0.2) is 0 Å². The van der Waals surface area contributed by atoms with Gasteiger partial charge in [0.1, 0.15) is 0 Å². The molecule has 0 fully saturated rings. The topological polar surface area (TPSA) is 32.9 Å². The molecule has 0 unspecified atom stereocenters. The Morgan fingerprint density at radius 1 is 1.29 bits per heavy atom. The van der Waals surface area contributed by atoms with Crippen molar-refractivity contribution in [2.75, 3.05) is 0 Å². The van der Waals surface area contributed by atoms with Crippen molar-refractivity contribution >= 4 is 12.2 Å². The molecule has 0 aliphatic heterocycles. The van der Waals surface area contributed by atoms with E-state index in [-0.39, 0.29) is 5.56 Å². The molecular formula is C12H17NO. The SMILES string of the molecule is C=Cc1cc(C)c(=O)[nH]c1C=C.CC. The minimum absolute atomic E-state index is 0.0736. The molecule has 1 aromatic heterocycles. The molecule has 0 amide bonds. The molecule has 0 bridgehead atoms. The first-order valence-corrected chi connectivity index (χ1v) is 4.68. The number of H-pyrrole nitrogens is 1. The lowest BCUT2D eigenvalue weighted by Gasteiger charge is -2.00. The van der Waals surface area contributed by atoms with Crippen molar-refractivity contribution in [1.82, 2.24) is 4.98 Å². The molecule has 1 N–H and O–H groups in total. The van der Waals surface area contributed by atoms with E-state index in [1.807, 2.05) is 13.8 Å². The van der Waals surface area contributed by atoms with Gasteiger partial charge in [-0.1, -0.05) is 33.1 Å². The van der Waals surface area contributed by atoms with Crippen molar-refractivity contribution < 1.29 is 0 Å². The van der Waals surface area contributed by atoms with E-state index in [0.717, 1.165) is 11.3 Å². The van der Waals surface area contributed by atoms with Crippen molar-refractivity contribution in [3.8, 4) is 0 Å². The predicted molar refractivity (Wildman–Crippen MR) is 63.3 cm³/mol. The lowest BCUT2D eigenvalue weighted by molar-refractivity contribution is 1.16. The highest BCUT2D eigenvalue weighted by molar-refractivity contribution is 5.60. The van der Waals surface area contributed by atoms with E-state index in [0.29, 0.717) is 5.56 Å². The standard InChI is InChI=1S/C10H11NO.C2H6/c1-4-8-6-7(3)10(12)11-9(8)5-2;1-2/h4-6H,1-2H2,3H3,(H,11,12);1-2H3. The van der Waals surface area contributed by atoms with E-state index in [9.17, 15) is 4.79 Å². The molecular weight excluding hydrogens is 174 g/mol. The maximum Gasteiger partial charge on any atom is 0.251 e. The van der Waals surface area contributed by atoms with Crippen LogP contribution in [0.15, 0.2) is 24.0 Å². The normalized spacial score (nSPS) is 8.50. The monoisotopic (exact) mass is 191 g/mol. The Morgan fingerprint density at radius 3 is 2.29 bits per heavy atom. The number of aromatic amines is 1. The van der Waals surface area contributed by atoms with E-state index in [1.54, 1.807) is 25.1 Å². The van der Waals surface area contributed by atoms with Gasteiger partial charge in [-0.05, 0) is 24.6 Å². The highest BCUT2D eigenvalue weighted by Gasteiger charge is 1.98. The van der Waals surface area contributed by atoms with Crippen LogP contribution in [0.2, 0.25) is 0 Å². The summed E-state index contributed by atoms with van der Waals surface area (Å²) in [4.78, 5) is 13.8. The summed E-state index contributed by atoms with van der Waals surface area (Å²) in [6, 6.07) is 1.79. The van der Waals surface area contributed by atoms with Crippen LogP contribution in [0.4, 0.5) is 0 Å². The molecule has 0 aliphatic rings. The zero-order valence-electron chi connectivity index (χ0n) is 9.05. The number of hydrogen-bond acceptors (Lipinski definition) is 1. The molecule has 76 valence electrons. The van der Waals surface area contributed by atoms with E-state index in [4.69, 9.17) is 0 Å². The molecule has 0 atom stereocenters. The summed E-state index contributed by atoms with van der Waals surface area (Å²) in [6.45, 7) is 13.0. The second kappa shape index (κ2) is 5.97. The summed E-state index contributed by atoms with van der Waals surface area (Å²) in [5, 5.41) is 0. The molecule has 0 saturated heterocycles. The molecule has 2 heteroatoms. The molecule has 1 aromatic rings. The fraction of sp³-hybridized carbons (Fsp3) is 0.250. The summed E-state index contributed by atoms with van der Waals surface area (Å²) in [6.07, 6.45) is 3.30. The summed E-state index contributed by atoms with van der Waals surface area (Å²) in [5.41, 5.74) is 2.24. The van der Waals surface area contributed by atoms with E-state index in [2.05, 4.69) is 18.1 Å². The molecule has 0 radical (unpaired) electrons. The summed E-state index contributed by atoms with van der Waals surface area (Å²) < 4.78 is 0. The van der Waals surface area contributed by atoms with Crippen molar-refractivity contribution in [1.29, 1.82) is 0 Å². The fourth-order valence-corrected chi connectivity index (χ4v) is 1.01. The minimum atomic E-state index is -0.0736. The first-order chi connectivity index (χ1) is 6.69. The maximum absolute atomic E-state index is 11.1. The molecule has 2 nitrogen and oxygen atoms in total. The second-order valence-electron chi connectivity index (χ2n) is 2.56. The quantitative estimate of drug-likeness (QED) is 0.765. The lowest BCUT2D eigenvalue weighted by atomic mass is 10.1. The molecule has 1 rings (SSSR count). The lowest BCUT2D eigenvalue weighted by Crippen LogP contribution is -2.11. The number of nitrogens with one attached hydrogen (secondary N) is 1. The second-order valence-corrected chi connectivity index (χ2v) is 2.56. The summed E-state index contributed by atoms with van der Waals surface area (Å²) in [7, 11) is 0. The van der Waals surface area contributed by atoms with Crippen LogP contribution in [0.1, 0.15) is 30.7 Å². The molecule has 14 heavy (non-hydrogen) atoms. The van der Waals surface area contributed by atoms with Crippen molar-refractivity contribution in [3.05, 3.63) is 46.4 Å². The number of pyridine rings is 1. The van der Waals surface area contributed by atoms with Crippen LogP contribution in [0.25, 0.3) is 12.2 Å².